The summed E-state index contributed by atoms with van der Waals surface area (Å²) in [7, 11) is 0. The second kappa shape index (κ2) is 14.3. The van der Waals surface area contributed by atoms with Crippen molar-refractivity contribution in [1.29, 1.82) is 0 Å². The summed E-state index contributed by atoms with van der Waals surface area (Å²) >= 11 is 0. The molecule has 4 N–H and O–H groups in total. The molecule has 200 valence electrons. The minimum Gasteiger partial charge on any atom is -0.346 e. The van der Waals surface area contributed by atoms with Gasteiger partial charge in [0.05, 0.1) is 6.04 Å². The van der Waals surface area contributed by atoms with Crippen LogP contribution in [0.5, 0.6) is 0 Å². The first kappa shape index (κ1) is 29.7. The Morgan fingerprint density at radius 2 is 1.35 bits per heavy atom. The summed E-state index contributed by atoms with van der Waals surface area (Å²) in [5.74, 6) is -0.528. The number of benzene rings is 2. The third-order valence-corrected chi connectivity index (χ3v) is 5.86. The average Bonchev–Trinajstić information content (AvgIpc) is 2.85. The molecule has 0 radical (unpaired) electrons. The number of hydrogen-bond acceptors (Lipinski definition) is 5. The van der Waals surface area contributed by atoms with Crippen LogP contribution in [0.2, 0.25) is 0 Å². The molecule has 3 amide bonds. The van der Waals surface area contributed by atoms with Crippen LogP contribution in [-0.4, -0.2) is 36.1 Å². The zero-order chi connectivity index (χ0) is 27.4. The topological polar surface area (TPSA) is 116 Å². The first-order chi connectivity index (χ1) is 17.5. The third kappa shape index (κ3) is 10.2. The van der Waals surface area contributed by atoms with Gasteiger partial charge in [0.1, 0.15) is 0 Å². The number of carbonyl (C=O) groups excluding carboxylic acids is 4. The van der Waals surface area contributed by atoms with Gasteiger partial charge in [0.25, 0.3) is 5.91 Å². The largest absolute Gasteiger partial charge is 0.346 e. The lowest BCUT2D eigenvalue weighted by Gasteiger charge is -2.29. The number of nitrogens with one attached hydrogen (secondary N) is 4. The van der Waals surface area contributed by atoms with Crippen LogP contribution >= 0.6 is 0 Å². The minimum absolute atomic E-state index is 0.0639. The van der Waals surface area contributed by atoms with Crippen molar-refractivity contribution in [3.05, 3.63) is 54.1 Å². The highest BCUT2D eigenvalue weighted by Crippen LogP contribution is 2.23. The Balaban J connectivity index is 1.77. The quantitative estimate of drug-likeness (QED) is 0.233. The molecule has 0 aliphatic rings. The van der Waals surface area contributed by atoms with E-state index in [0.29, 0.717) is 37.1 Å². The number of hydrogen-bond donors (Lipinski definition) is 4. The Kier molecular flexibility index (Phi) is 11.5. The molecule has 8 nitrogen and oxygen atoms in total. The molecule has 0 saturated carbocycles. The zero-order valence-corrected chi connectivity index (χ0v) is 22.6. The highest BCUT2D eigenvalue weighted by atomic mass is 16.2. The lowest BCUT2D eigenvalue weighted by molar-refractivity contribution is -0.129. The van der Waals surface area contributed by atoms with Gasteiger partial charge in [-0.05, 0) is 67.0 Å². The monoisotopic (exact) mass is 508 g/mol. The van der Waals surface area contributed by atoms with E-state index in [1.165, 1.54) is 6.92 Å². The maximum absolute atomic E-state index is 12.3. The van der Waals surface area contributed by atoms with Gasteiger partial charge >= 0.3 is 0 Å². The predicted octanol–water partition coefficient (Wildman–Crippen LogP) is 4.62. The van der Waals surface area contributed by atoms with E-state index in [-0.39, 0.29) is 35.3 Å². The van der Waals surface area contributed by atoms with Crippen LogP contribution in [0.4, 0.5) is 5.69 Å². The molecule has 1 unspecified atom stereocenters. The highest BCUT2D eigenvalue weighted by molar-refractivity contribution is 5.94. The molecule has 2 aromatic rings. The maximum Gasteiger partial charge on any atom is 0.265 e. The molecule has 8 heteroatoms. The van der Waals surface area contributed by atoms with E-state index >= 15 is 0 Å². The summed E-state index contributed by atoms with van der Waals surface area (Å²) < 4.78 is 0. The van der Waals surface area contributed by atoms with Crippen LogP contribution < -0.4 is 21.5 Å². The van der Waals surface area contributed by atoms with Gasteiger partial charge in [-0.3, -0.25) is 24.6 Å². The first-order valence-corrected chi connectivity index (χ1v) is 12.8. The van der Waals surface area contributed by atoms with Crippen LogP contribution in [0.3, 0.4) is 0 Å². The predicted molar refractivity (Wildman–Crippen MR) is 147 cm³/mol. The fourth-order valence-corrected chi connectivity index (χ4v) is 3.86. The van der Waals surface area contributed by atoms with E-state index in [1.807, 2.05) is 64.1 Å². The summed E-state index contributed by atoms with van der Waals surface area (Å²) in [6.07, 6.45) is 2.65. The molecular formula is C29H40N4O4. The van der Waals surface area contributed by atoms with Crippen LogP contribution in [-0.2, 0) is 14.4 Å². The summed E-state index contributed by atoms with van der Waals surface area (Å²) in [5, 5.41) is 5.69. The van der Waals surface area contributed by atoms with E-state index in [2.05, 4.69) is 21.5 Å². The van der Waals surface area contributed by atoms with E-state index in [4.69, 9.17) is 0 Å². The van der Waals surface area contributed by atoms with E-state index in [9.17, 15) is 19.2 Å². The number of hydrazine groups is 1. The van der Waals surface area contributed by atoms with Crippen molar-refractivity contribution >= 4 is 29.2 Å². The number of unbranched alkanes of at least 4 members (excludes halogenated alkanes) is 1. The van der Waals surface area contributed by atoms with Gasteiger partial charge < -0.3 is 10.6 Å². The molecule has 0 bridgehead atoms. The van der Waals surface area contributed by atoms with Gasteiger partial charge in [-0.25, -0.2) is 5.43 Å². The SMILES string of the molecule is CCCNNC(=O)c1ccc(-c2ccc(NC(=O)CCCCC(=O)NC(C(C)=O)C(C)(C)C)cc2)cc1. The second-order valence-corrected chi connectivity index (χ2v) is 10.3. The third-order valence-electron chi connectivity index (χ3n) is 5.86. The van der Waals surface area contributed by atoms with Crippen LogP contribution in [0, 0.1) is 5.41 Å². The Morgan fingerprint density at radius 3 is 1.86 bits per heavy atom. The fraction of sp³-hybridized carbons (Fsp3) is 0.448. The van der Waals surface area contributed by atoms with Crippen molar-refractivity contribution in [3.63, 3.8) is 0 Å². The van der Waals surface area contributed by atoms with Gasteiger partial charge in [0, 0.05) is 30.6 Å². The first-order valence-electron chi connectivity index (χ1n) is 12.8. The normalized spacial score (nSPS) is 11.9. The van der Waals surface area contributed by atoms with E-state index in [1.54, 1.807) is 12.1 Å². The molecule has 2 rings (SSSR count). The van der Waals surface area contributed by atoms with Gasteiger partial charge in [-0.2, -0.15) is 0 Å². The highest BCUT2D eigenvalue weighted by Gasteiger charge is 2.29. The van der Waals surface area contributed by atoms with Gasteiger partial charge in [-0.1, -0.05) is 52.0 Å². The maximum atomic E-state index is 12.3. The second-order valence-electron chi connectivity index (χ2n) is 10.3. The van der Waals surface area contributed by atoms with Crippen molar-refractivity contribution in [3.8, 4) is 11.1 Å². The standard InChI is InChI=1S/C29H40N4O4/c1-6-19-30-33-28(37)23-13-11-21(12-14-23)22-15-17-24(18-16-22)31-25(35)9-7-8-10-26(36)32-27(20(2)34)29(3,4)5/h11-18,27,30H,6-10,19H2,1-5H3,(H,31,35)(H,32,36)(H,33,37). The smallest absolute Gasteiger partial charge is 0.265 e. The molecule has 0 aliphatic carbocycles. The van der Waals surface area contributed by atoms with E-state index < -0.39 is 6.04 Å². The molecule has 0 spiro atoms. The molecule has 0 aliphatic heterocycles. The Bertz CT molecular complexity index is 1060. The number of carbonyl (C=O) groups is 4. The number of rotatable bonds is 13. The van der Waals surface area contributed by atoms with Crippen LogP contribution in [0.15, 0.2) is 48.5 Å². The van der Waals surface area contributed by atoms with Gasteiger partial charge in [0.15, 0.2) is 5.78 Å². The van der Waals surface area contributed by atoms with Crippen LogP contribution in [0.1, 0.15) is 77.1 Å². The van der Waals surface area contributed by atoms with Crippen molar-refractivity contribution < 1.29 is 19.2 Å². The van der Waals surface area contributed by atoms with Crippen LogP contribution in [0.25, 0.3) is 11.1 Å². The van der Waals surface area contributed by atoms with Crippen molar-refractivity contribution in [2.24, 2.45) is 5.41 Å². The van der Waals surface area contributed by atoms with Crippen molar-refractivity contribution in [2.75, 3.05) is 11.9 Å². The molecule has 0 heterocycles. The molecule has 0 saturated heterocycles. The Morgan fingerprint density at radius 1 is 0.811 bits per heavy atom. The number of Topliss-reactive ketones (excluding diaryl/α,β-unsaturated/α-hetero) is 1. The molecule has 1 atom stereocenters. The summed E-state index contributed by atoms with van der Waals surface area (Å²) in [4.78, 5) is 48.4. The molecular weight excluding hydrogens is 468 g/mol. The van der Waals surface area contributed by atoms with Crippen molar-refractivity contribution in [2.45, 2.75) is 72.8 Å². The lowest BCUT2D eigenvalue weighted by Crippen LogP contribution is -2.48. The Hall–Kier alpha value is -3.52. The van der Waals surface area contributed by atoms with Crippen molar-refractivity contribution in [1.82, 2.24) is 16.2 Å². The number of amides is 3. The molecule has 0 fully saturated rings. The molecule has 0 aromatic heterocycles. The fourth-order valence-electron chi connectivity index (χ4n) is 3.86. The summed E-state index contributed by atoms with van der Waals surface area (Å²) in [6.45, 7) is 9.97. The average molecular weight is 509 g/mol. The van der Waals surface area contributed by atoms with E-state index in [0.717, 1.165) is 17.5 Å². The number of ketones is 1. The summed E-state index contributed by atoms with van der Waals surface area (Å²) in [5.41, 5.74) is 8.39. The minimum atomic E-state index is -0.517. The summed E-state index contributed by atoms with van der Waals surface area (Å²) in [6, 6.07) is 14.3. The Labute approximate surface area is 220 Å². The van der Waals surface area contributed by atoms with Gasteiger partial charge in [0.2, 0.25) is 11.8 Å². The van der Waals surface area contributed by atoms with Gasteiger partial charge in [-0.15, -0.1) is 0 Å². The molecule has 2 aromatic carbocycles. The lowest BCUT2D eigenvalue weighted by atomic mass is 9.84. The molecule has 37 heavy (non-hydrogen) atoms. The zero-order valence-electron chi connectivity index (χ0n) is 22.6. The number of anilines is 1.